The number of hydrogen-bond acceptors (Lipinski definition) is 4. The molecule has 0 bridgehead atoms. The number of aryl methyl sites for hydroxylation is 1. The lowest BCUT2D eigenvalue weighted by Gasteiger charge is -2.30. The highest BCUT2D eigenvalue weighted by molar-refractivity contribution is 6.31. The lowest BCUT2D eigenvalue weighted by molar-refractivity contribution is -0.129. The number of nitrogens with one attached hydrogen (secondary N) is 1. The molecule has 2 fully saturated rings. The average molecular weight is 523 g/mol. The molecule has 0 spiro atoms. The first-order valence-electron chi connectivity index (χ1n) is 13.2. The smallest absolute Gasteiger partial charge is 0.254 e. The number of rotatable bonds is 6. The molecule has 0 radical (unpaired) electrons. The Labute approximate surface area is 223 Å². The summed E-state index contributed by atoms with van der Waals surface area (Å²) >= 11 is 6.14. The molecular weight excluding hydrogens is 488 g/mol. The van der Waals surface area contributed by atoms with E-state index in [1.165, 1.54) is 0 Å². The maximum Gasteiger partial charge on any atom is 0.254 e. The van der Waals surface area contributed by atoms with E-state index in [0.29, 0.717) is 42.1 Å². The summed E-state index contributed by atoms with van der Waals surface area (Å²) in [5.74, 6) is 1.12. The molecule has 196 valence electrons. The first kappa shape index (κ1) is 25.7. The van der Waals surface area contributed by atoms with Crippen LogP contribution in [0.15, 0.2) is 36.4 Å². The Bertz CT molecular complexity index is 1200. The molecule has 2 saturated heterocycles. The van der Waals surface area contributed by atoms with Crippen LogP contribution in [0.2, 0.25) is 5.02 Å². The van der Waals surface area contributed by atoms with Gasteiger partial charge in [0.25, 0.3) is 11.8 Å². The third kappa shape index (κ3) is 5.53. The number of amides is 3. The van der Waals surface area contributed by atoms with Crippen molar-refractivity contribution in [1.29, 1.82) is 0 Å². The summed E-state index contributed by atoms with van der Waals surface area (Å²) in [5.41, 5.74) is 4.56. The van der Waals surface area contributed by atoms with E-state index in [1.807, 2.05) is 41.0 Å². The van der Waals surface area contributed by atoms with Gasteiger partial charge in [0.2, 0.25) is 5.91 Å². The monoisotopic (exact) mass is 522 g/mol. The molecule has 37 heavy (non-hydrogen) atoms. The van der Waals surface area contributed by atoms with Crippen molar-refractivity contribution in [3.8, 4) is 0 Å². The largest absolute Gasteiger partial charge is 0.352 e. The molecule has 0 aromatic heterocycles. The van der Waals surface area contributed by atoms with Crippen LogP contribution in [0.4, 0.5) is 0 Å². The van der Waals surface area contributed by atoms with E-state index in [1.54, 1.807) is 19.1 Å². The van der Waals surface area contributed by atoms with E-state index in [0.717, 1.165) is 67.8 Å². The van der Waals surface area contributed by atoms with Gasteiger partial charge in [-0.25, -0.2) is 0 Å². The summed E-state index contributed by atoms with van der Waals surface area (Å²) in [6.45, 7) is 9.94. The van der Waals surface area contributed by atoms with E-state index in [2.05, 4.69) is 10.2 Å². The zero-order chi connectivity index (χ0) is 26.1. The van der Waals surface area contributed by atoms with E-state index < -0.39 is 0 Å². The summed E-state index contributed by atoms with van der Waals surface area (Å²) in [5, 5.41) is 3.60. The quantitative estimate of drug-likeness (QED) is 0.590. The van der Waals surface area contributed by atoms with Crippen LogP contribution < -0.4 is 5.32 Å². The van der Waals surface area contributed by atoms with E-state index >= 15 is 0 Å². The number of carbonyl (C=O) groups excluding carboxylic acids is 3. The second-order valence-corrected chi connectivity index (χ2v) is 11.1. The Morgan fingerprint density at radius 1 is 1.03 bits per heavy atom. The molecule has 2 aromatic carbocycles. The molecule has 3 heterocycles. The molecule has 3 amide bonds. The topological polar surface area (TPSA) is 73.0 Å². The predicted molar refractivity (Wildman–Crippen MR) is 144 cm³/mol. The van der Waals surface area contributed by atoms with Gasteiger partial charge in [-0.15, -0.1) is 0 Å². The summed E-state index contributed by atoms with van der Waals surface area (Å²) in [4.78, 5) is 44.0. The van der Waals surface area contributed by atoms with Gasteiger partial charge in [0.05, 0.1) is 0 Å². The molecule has 2 unspecified atom stereocenters. The number of benzene rings is 2. The lowest BCUT2D eigenvalue weighted by atomic mass is 9.93. The van der Waals surface area contributed by atoms with Gasteiger partial charge in [0, 0.05) is 68.9 Å². The minimum Gasteiger partial charge on any atom is -0.352 e. The van der Waals surface area contributed by atoms with Gasteiger partial charge in [-0.3, -0.25) is 14.4 Å². The number of hydrogen-bond donors (Lipinski definition) is 1. The Morgan fingerprint density at radius 3 is 2.49 bits per heavy atom. The Morgan fingerprint density at radius 2 is 1.78 bits per heavy atom. The van der Waals surface area contributed by atoms with Crippen LogP contribution in [0.25, 0.3) is 0 Å². The van der Waals surface area contributed by atoms with Crippen molar-refractivity contribution in [2.45, 2.75) is 33.2 Å². The first-order chi connectivity index (χ1) is 17.8. The SMILES string of the molecule is CC(=O)N1CCc2c(cccc2C(=O)N2CC3CN(CCCNC(=O)c4ccc(C)c(Cl)c4)CC3C2)C1. The summed E-state index contributed by atoms with van der Waals surface area (Å²) in [7, 11) is 0. The van der Waals surface area contributed by atoms with Crippen LogP contribution in [0.3, 0.4) is 0 Å². The van der Waals surface area contributed by atoms with Crippen molar-refractivity contribution in [1.82, 2.24) is 20.0 Å². The maximum atomic E-state index is 13.5. The van der Waals surface area contributed by atoms with Gasteiger partial charge < -0.3 is 20.0 Å². The molecule has 7 nitrogen and oxygen atoms in total. The Balaban J connectivity index is 1.08. The fourth-order valence-electron chi connectivity index (χ4n) is 6.03. The summed E-state index contributed by atoms with van der Waals surface area (Å²) in [6.07, 6.45) is 1.62. The minimum absolute atomic E-state index is 0.0814. The number of carbonyl (C=O) groups is 3. The first-order valence-corrected chi connectivity index (χ1v) is 13.6. The molecule has 0 saturated carbocycles. The highest BCUT2D eigenvalue weighted by atomic mass is 35.5. The molecule has 2 aromatic rings. The van der Waals surface area contributed by atoms with Gasteiger partial charge in [0.1, 0.15) is 0 Å². The molecule has 8 heteroatoms. The van der Waals surface area contributed by atoms with Crippen LogP contribution in [0.5, 0.6) is 0 Å². The second kappa shape index (κ2) is 10.8. The highest BCUT2D eigenvalue weighted by Crippen LogP contribution is 2.33. The van der Waals surface area contributed by atoms with Crippen molar-refractivity contribution in [2.24, 2.45) is 11.8 Å². The van der Waals surface area contributed by atoms with Crippen molar-refractivity contribution in [3.63, 3.8) is 0 Å². The lowest BCUT2D eigenvalue weighted by Crippen LogP contribution is -2.37. The fraction of sp³-hybridized carbons (Fsp3) is 0.483. The Kier molecular flexibility index (Phi) is 7.54. The van der Waals surface area contributed by atoms with Crippen LogP contribution in [0, 0.1) is 18.8 Å². The maximum absolute atomic E-state index is 13.5. The highest BCUT2D eigenvalue weighted by Gasteiger charge is 2.42. The van der Waals surface area contributed by atoms with Gasteiger partial charge in [-0.05, 0) is 73.0 Å². The zero-order valence-corrected chi connectivity index (χ0v) is 22.4. The normalized spacial score (nSPS) is 21.1. The third-order valence-electron chi connectivity index (χ3n) is 8.16. The molecule has 3 aliphatic rings. The minimum atomic E-state index is -0.0913. The van der Waals surface area contributed by atoms with Crippen LogP contribution in [-0.2, 0) is 17.8 Å². The standard InChI is InChI=1S/C29H35ClN4O3/c1-19-7-8-21(13-27(19)30)28(36)31-10-4-11-32-14-23-17-34(18-24(23)15-32)29(37)26-6-3-5-22-16-33(20(2)35)12-9-25(22)26/h3,5-8,13,23-24H,4,9-12,14-18H2,1-2H3,(H,31,36). The molecule has 0 aliphatic carbocycles. The van der Waals surface area contributed by atoms with Crippen LogP contribution in [-0.4, -0.2) is 78.2 Å². The summed E-state index contributed by atoms with van der Waals surface area (Å²) < 4.78 is 0. The van der Waals surface area contributed by atoms with E-state index in [9.17, 15) is 14.4 Å². The second-order valence-electron chi connectivity index (χ2n) is 10.7. The average Bonchev–Trinajstić information content (AvgIpc) is 3.46. The van der Waals surface area contributed by atoms with Gasteiger partial charge >= 0.3 is 0 Å². The van der Waals surface area contributed by atoms with Gasteiger partial charge in [0.15, 0.2) is 0 Å². The van der Waals surface area contributed by atoms with E-state index in [-0.39, 0.29) is 17.7 Å². The molecule has 3 aliphatic heterocycles. The van der Waals surface area contributed by atoms with Crippen LogP contribution in [0.1, 0.15) is 50.8 Å². The van der Waals surface area contributed by atoms with Crippen molar-refractivity contribution < 1.29 is 14.4 Å². The number of fused-ring (bicyclic) bond motifs is 2. The van der Waals surface area contributed by atoms with Crippen molar-refractivity contribution in [3.05, 3.63) is 69.2 Å². The molecule has 2 atom stereocenters. The fourth-order valence-corrected chi connectivity index (χ4v) is 6.21. The zero-order valence-electron chi connectivity index (χ0n) is 21.6. The number of likely N-dealkylation sites (tertiary alicyclic amines) is 2. The van der Waals surface area contributed by atoms with Crippen molar-refractivity contribution >= 4 is 29.3 Å². The predicted octanol–water partition coefficient (Wildman–Crippen LogP) is 3.38. The molecule has 5 rings (SSSR count). The number of nitrogens with zero attached hydrogens (tertiary/aromatic N) is 3. The third-order valence-corrected chi connectivity index (χ3v) is 8.57. The van der Waals surface area contributed by atoms with Gasteiger partial charge in [-0.2, -0.15) is 0 Å². The molecular formula is C29H35ClN4O3. The van der Waals surface area contributed by atoms with Gasteiger partial charge in [-0.1, -0.05) is 29.8 Å². The van der Waals surface area contributed by atoms with Crippen molar-refractivity contribution in [2.75, 3.05) is 45.8 Å². The Hall–Kier alpha value is -2.90. The van der Waals surface area contributed by atoms with Crippen LogP contribution >= 0.6 is 11.6 Å². The molecule has 1 N–H and O–H groups in total. The summed E-state index contributed by atoms with van der Waals surface area (Å²) in [6, 6.07) is 11.3. The number of halogens is 1. The van der Waals surface area contributed by atoms with E-state index in [4.69, 9.17) is 11.6 Å².